The van der Waals surface area contributed by atoms with Gasteiger partial charge in [0.25, 0.3) is 0 Å². The molecule has 0 radical (unpaired) electrons. The minimum Gasteiger partial charge on any atom is -0.357 e. The van der Waals surface area contributed by atoms with Gasteiger partial charge in [0.05, 0.1) is 27.7 Å². The molecule has 1 unspecified atom stereocenters. The van der Waals surface area contributed by atoms with Crippen molar-refractivity contribution in [3.8, 4) is 6.07 Å². The number of nitrogens with zero attached hydrogens (tertiary/aromatic N) is 2. The lowest BCUT2D eigenvalue weighted by molar-refractivity contribution is 0.202. The quantitative estimate of drug-likeness (QED) is 0.402. The van der Waals surface area contributed by atoms with Crippen LogP contribution in [0.25, 0.3) is 10.9 Å². The SMILES string of the molecule is N#Cc1ccc(C2c3[nH]c4ccccc4c3CCN2Cc2cccc(Cl)c2Cl)cc1. The first kappa shape index (κ1) is 19.2. The topological polar surface area (TPSA) is 42.8 Å². The Morgan fingerprint density at radius 1 is 1.00 bits per heavy atom. The van der Waals surface area contributed by atoms with Crippen molar-refractivity contribution in [2.24, 2.45) is 0 Å². The van der Waals surface area contributed by atoms with Crippen molar-refractivity contribution in [3.63, 3.8) is 0 Å². The van der Waals surface area contributed by atoms with E-state index in [-0.39, 0.29) is 6.04 Å². The maximum absolute atomic E-state index is 9.20. The monoisotopic (exact) mass is 431 g/mol. The fourth-order valence-corrected chi connectivity index (χ4v) is 4.85. The van der Waals surface area contributed by atoms with E-state index in [1.165, 1.54) is 16.6 Å². The van der Waals surface area contributed by atoms with Crippen LogP contribution in [-0.4, -0.2) is 16.4 Å². The molecular formula is C25H19Cl2N3. The highest BCUT2D eigenvalue weighted by Crippen LogP contribution is 2.40. The number of nitrogens with one attached hydrogen (secondary N) is 1. The second kappa shape index (κ2) is 7.81. The van der Waals surface area contributed by atoms with Crippen LogP contribution in [0.4, 0.5) is 0 Å². The Hall–Kier alpha value is -2.77. The van der Waals surface area contributed by atoms with E-state index in [1.807, 2.05) is 30.3 Å². The van der Waals surface area contributed by atoms with Crippen LogP contribution in [0.3, 0.4) is 0 Å². The average molecular weight is 432 g/mol. The van der Waals surface area contributed by atoms with E-state index in [1.54, 1.807) is 0 Å². The van der Waals surface area contributed by atoms with Crippen LogP contribution in [0.5, 0.6) is 0 Å². The molecule has 1 aromatic heterocycles. The highest BCUT2D eigenvalue weighted by molar-refractivity contribution is 6.42. The first-order chi connectivity index (χ1) is 14.7. The first-order valence-corrected chi connectivity index (χ1v) is 10.7. The third-order valence-electron chi connectivity index (χ3n) is 5.89. The Balaban J connectivity index is 1.62. The zero-order chi connectivity index (χ0) is 20.7. The lowest BCUT2D eigenvalue weighted by Crippen LogP contribution is -2.35. The molecular weight excluding hydrogens is 413 g/mol. The Kier molecular flexibility index (Phi) is 5.00. The van der Waals surface area contributed by atoms with Crippen molar-refractivity contribution in [1.29, 1.82) is 5.26 Å². The fraction of sp³-hybridized carbons (Fsp3) is 0.160. The zero-order valence-electron chi connectivity index (χ0n) is 16.2. The molecule has 0 saturated heterocycles. The van der Waals surface area contributed by atoms with Gasteiger partial charge >= 0.3 is 0 Å². The molecule has 0 aliphatic carbocycles. The third kappa shape index (κ3) is 3.28. The van der Waals surface area contributed by atoms with E-state index in [2.05, 4.69) is 52.4 Å². The second-order valence-electron chi connectivity index (χ2n) is 7.63. The largest absolute Gasteiger partial charge is 0.357 e. The number of halogens is 2. The van der Waals surface area contributed by atoms with Crippen LogP contribution in [-0.2, 0) is 13.0 Å². The zero-order valence-corrected chi connectivity index (χ0v) is 17.7. The van der Waals surface area contributed by atoms with Gasteiger partial charge in [-0.1, -0.05) is 65.7 Å². The van der Waals surface area contributed by atoms with E-state index in [4.69, 9.17) is 23.2 Å². The van der Waals surface area contributed by atoms with E-state index in [9.17, 15) is 5.26 Å². The number of aromatic amines is 1. The first-order valence-electron chi connectivity index (χ1n) is 9.92. The highest BCUT2D eigenvalue weighted by atomic mass is 35.5. The highest BCUT2D eigenvalue weighted by Gasteiger charge is 2.32. The molecule has 30 heavy (non-hydrogen) atoms. The number of benzene rings is 3. The van der Waals surface area contributed by atoms with E-state index >= 15 is 0 Å². The normalized spacial score (nSPS) is 16.4. The fourth-order valence-electron chi connectivity index (χ4n) is 4.47. The molecule has 4 aromatic rings. The molecule has 148 valence electrons. The predicted molar refractivity (Wildman–Crippen MR) is 122 cm³/mol. The molecule has 1 aliphatic rings. The van der Waals surface area contributed by atoms with E-state index < -0.39 is 0 Å². The second-order valence-corrected chi connectivity index (χ2v) is 8.42. The van der Waals surface area contributed by atoms with Gasteiger partial charge < -0.3 is 4.98 Å². The molecule has 0 amide bonds. The van der Waals surface area contributed by atoms with Gasteiger partial charge in [0.1, 0.15) is 0 Å². The number of nitriles is 1. The lowest BCUT2D eigenvalue weighted by Gasteiger charge is -2.36. The van der Waals surface area contributed by atoms with E-state index in [0.29, 0.717) is 22.2 Å². The number of hydrogen-bond donors (Lipinski definition) is 1. The van der Waals surface area contributed by atoms with Gasteiger partial charge in [0.15, 0.2) is 0 Å². The summed E-state index contributed by atoms with van der Waals surface area (Å²) in [4.78, 5) is 6.10. The maximum atomic E-state index is 9.20. The molecule has 1 aliphatic heterocycles. The summed E-state index contributed by atoms with van der Waals surface area (Å²) in [6, 6.07) is 24.4. The minimum absolute atomic E-state index is 0.0453. The summed E-state index contributed by atoms with van der Waals surface area (Å²) in [5.41, 5.74) is 6.57. The predicted octanol–water partition coefficient (Wildman–Crippen LogP) is 6.49. The Morgan fingerprint density at radius 3 is 2.60 bits per heavy atom. The standard InChI is InChI=1S/C25H19Cl2N3/c26-21-6-3-4-18(23(21)27)15-30-13-12-20-19-5-1-2-7-22(19)29-24(20)25(30)17-10-8-16(14-28)9-11-17/h1-11,25,29H,12-13,15H2. The van der Waals surface area contributed by atoms with E-state index in [0.717, 1.165) is 29.6 Å². The van der Waals surface area contributed by atoms with Gasteiger partial charge in [-0.2, -0.15) is 5.26 Å². The number of rotatable bonds is 3. The molecule has 1 N–H and O–H groups in total. The van der Waals surface area contributed by atoms with Gasteiger partial charge in [0.2, 0.25) is 0 Å². The number of H-pyrrole nitrogens is 1. The summed E-state index contributed by atoms with van der Waals surface area (Å²) >= 11 is 12.8. The van der Waals surface area contributed by atoms with Crippen molar-refractivity contribution in [3.05, 3.63) is 105 Å². The van der Waals surface area contributed by atoms with Crippen molar-refractivity contribution in [1.82, 2.24) is 9.88 Å². The molecule has 1 atom stereocenters. The van der Waals surface area contributed by atoms with Gasteiger partial charge in [0, 0.05) is 29.7 Å². The van der Waals surface area contributed by atoms with Crippen molar-refractivity contribution >= 4 is 34.1 Å². The van der Waals surface area contributed by atoms with Crippen LogP contribution in [0, 0.1) is 11.3 Å². The maximum Gasteiger partial charge on any atom is 0.0991 e. The third-order valence-corrected chi connectivity index (χ3v) is 6.75. The van der Waals surface area contributed by atoms with Gasteiger partial charge in [-0.25, -0.2) is 0 Å². The summed E-state index contributed by atoms with van der Waals surface area (Å²) in [5, 5.41) is 11.7. The van der Waals surface area contributed by atoms with Crippen LogP contribution in [0.15, 0.2) is 66.7 Å². The van der Waals surface area contributed by atoms with Crippen LogP contribution in [0.2, 0.25) is 10.0 Å². The molecule has 5 rings (SSSR count). The number of fused-ring (bicyclic) bond motifs is 3. The summed E-state index contributed by atoms with van der Waals surface area (Å²) in [6.07, 6.45) is 0.963. The molecule has 3 aromatic carbocycles. The van der Waals surface area contributed by atoms with Crippen LogP contribution in [0.1, 0.15) is 34.0 Å². The Morgan fingerprint density at radius 2 is 1.80 bits per heavy atom. The van der Waals surface area contributed by atoms with Crippen LogP contribution < -0.4 is 0 Å². The molecule has 3 nitrogen and oxygen atoms in total. The van der Waals surface area contributed by atoms with Gasteiger partial charge in [-0.3, -0.25) is 4.90 Å². The molecule has 0 saturated carbocycles. The van der Waals surface area contributed by atoms with Gasteiger partial charge in [-0.05, 0) is 47.4 Å². The Labute approximate surface area is 185 Å². The van der Waals surface area contributed by atoms with Crippen molar-refractivity contribution < 1.29 is 0 Å². The summed E-state index contributed by atoms with van der Waals surface area (Å²) in [6.45, 7) is 1.60. The molecule has 2 heterocycles. The lowest BCUT2D eigenvalue weighted by atomic mass is 9.91. The average Bonchev–Trinajstić information content (AvgIpc) is 3.15. The minimum atomic E-state index is 0.0453. The van der Waals surface area contributed by atoms with Crippen molar-refractivity contribution in [2.75, 3.05) is 6.54 Å². The summed E-state index contributed by atoms with van der Waals surface area (Å²) in [7, 11) is 0. The van der Waals surface area contributed by atoms with Crippen LogP contribution >= 0.6 is 23.2 Å². The van der Waals surface area contributed by atoms with Gasteiger partial charge in [-0.15, -0.1) is 0 Å². The number of hydrogen-bond acceptors (Lipinski definition) is 2. The molecule has 0 spiro atoms. The molecule has 0 bridgehead atoms. The summed E-state index contributed by atoms with van der Waals surface area (Å²) in [5.74, 6) is 0. The van der Waals surface area contributed by atoms with Crippen molar-refractivity contribution in [2.45, 2.75) is 19.0 Å². The molecule has 0 fully saturated rings. The number of aromatic nitrogens is 1. The smallest absolute Gasteiger partial charge is 0.0991 e. The summed E-state index contributed by atoms with van der Waals surface area (Å²) < 4.78 is 0. The Bertz CT molecular complexity index is 1270. The molecule has 5 heteroatoms. The number of para-hydroxylation sites is 1.